The zero-order chi connectivity index (χ0) is 28.6. The highest BCUT2D eigenvalue weighted by Crippen LogP contribution is 2.19. The first kappa shape index (κ1) is 33.0. The Balaban J connectivity index is 0.000000397. The molecular weight excluding hydrogens is 476 g/mol. The van der Waals surface area contributed by atoms with Crippen molar-refractivity contribution in [1.29, 1.82) is 0 Å². The molecule has 0 bridgehead atoms. The van der Waals surface area contributed by atoms with E-state index in [0.29, 0.717) is 44.7 Å². The van der Waals surface area contributed by atoms with Crippen LogP contribution < -0.4 is 5.32 Å². The molecule has 37 heavy (non-hydrogen) atoms. The first-order valence-corrected chi connectivity index (χ1v) is 13.5. The highest BCUT2D eigenvalue weighted by molar-refractivity contribution is 5.70. The van der Waals surface area contributed by atoms with E-state index in [2.05, 4.69) is 37.9 Å². The van der Waals surface area contributed by atoms with Crippen LogP contribution in [0.5, 0.6) is 0 Å². The summed E-state index contributed by atoms with van der Waals surface area (Å²) in [5.74, 6) is -0.170. The smallest absolute Gasteiger partial charge is 0.410 e. The molecule has 2 rings (SSSR count). The number of amides is 2. The van der Waals surface area contributed by atoms with Gasteiger partial charge in [-0.3, -0.25) is 9.69 Å². The van der Waals surface area contributed by atoms with Gasteiger partial charge in [-0.05, 0) is 76.2 Å². The maximum Gasteiger partial charge on any atom is 0.410 e. The molecule has 216 valence electrons. The van der Waals surface area contributed by atoms with E-state index < -0.39 is 11.2 Å². The quantitative estimate of drug-likeness (QED) is 0.434. The van der Waals surface area contributed by atoms with Crippen LogP contribution in [-0.4, -0.2) is 108 Å². The Labute approximate surface area is 224 Å². The summed E-state index contributed by atoms with van der Waals surface area (Å²) in [7, 11) is 0. The normalized spacial score (nSPS) is 25.1. The van der Waals surface area contributed by atoms with E-state index in [1.54, 1.807) is 9.80 Å². The second kappa shape index (κ2) is 14.2. The maximum atomic E-state index is 12.2. The number of hydrogen-bond donors (Lipinski definition) is 1. The topological polar surface area (TPSA) is 101 Å². The van der Waals surface area contributed by atoms with Crippen molar-refractivity contribution in [1.82, 2.24) is 20.0 Å². The summed E-state index contributed by atoms with van der Waals surface area (Å²) in [6.45, 7) is 25.1. The number of nitrogens with one attached hydrogen (secondary N) is 1. The lowest BCUT2D eigenvalue weighted by atomic mass is 10.1. The van der Waals surface area contributed by atoms with Gasteiger partial charge in [-0.25, -0.2) is 9.59 Å². The minimum absolute atomic E-state index is 0.170. The van der Waals surface area contributed by atoms with E-state index in [4.69, 9.17) is 14.2 Å². The number of carbonyl (C=O) groups is 3. The van der Waals surface area contributed by atoms with Crippen molar-refractivity contribution in [2.75, 3.05) is 39.3 Å². The molecule has 2 aliphatic rings. The largest absolute Gasteiger partial charge is 0.466 e. The molecule has 0 spiro atoms. The second-order valence-corrected chi connectivity index (χ2v) is 12.2. The lowest BCUT2D eigenvalue weighted by Gasteiger charge is -2.44. The average Bonchev–Trinajstić information content (AvgIpc) is 2.70. The highest BCUT2D eigenvalue weighted by atomic mass is 16.6. The number of ether oxygens (including phenoxy) is 3. The molecule has 2 heterocycles. The maximum absolute atomic E-state index is 12.2. The number of esters is 1. The number of rotatable bonds is 4. The number of piperazine rings is 2. The van der Waals surface area contributed by atoms with Gasteiger partial charge in [0.15, 0.2) is 0 Å². The molecule has 2 aliphatic heterocycles. The minimum atomic E-state index is -0.482. The molecule has 0 aromatic rings. The van der Waals surface area contributed by atoms with Crippen molar-refractivity contribution in [2.24, 2.45) is 0 Å². The van der Waals surface area contributed by atoms with E-state index in [1.165, 1.54) is 0 Å². The van der Waals surface area contributed by atoms with Crippen LogP contribution in [0, 0.1) is 0 Å². The Kier molecular flexibility index (Phi) is 12.6. The molecular formula is C27H52N4O6. The molecule has 2 fully saturated rings. The van der Waals surface area contributed by atoms with Gasteiger partial charge in [0.1, 0.15) is 11.2 Å². The number of nitrogens with zero attached hydrogens (tertiary/aromatic N) is 3. The van der Waals surface area contributed by atoms with Crippen molar-refractivity contribution in [3.63, 3.8) is 0 Å². The summed E-state index contributed by atoms with van der Waals surface area (Å²) in [6.07, 6.45) is -0.0893. The first-order chi connectivity index (χ1) is 16.9. The second-order valence-electron chi connectivity index (χ2n) is 12.2. The summed E-state index contributed by atoms with van der Waals surface area (Å²) in [5.41, 5.74) is -0.890. The molecule has 10 heteroatoms. The fourth-order valence-corrected chi connectivity index (χ4v) is 4.53. The van der Waals surface area contributed by atoms with Crippen LogP contribution in [-0.2, 0) is 19.0 Å². The summed E-state index contributed by atoms with van der Waals surface area (Å²) < 4.78 is 15.7. The van der Waals surface area contributed by atoms with Gasteiger partial charge in [-0.15, -0.1) is 0 Å². The number of carbonyl (C=O) groups excluding carboxylic acids is 3. The zero-order valence-electron chi connectivity index (χ0n) is 25.1. The third kappa shape index (κ3) is 12.8. The fraction of sp³-hybridized carbons (Fsp3) is 0.889. The Morgan fingerprint density at radius 1 is 0.757 bits per heavy atom. The van der Waals surface area contributed by atoms with Crippen molar-refractivity contribution < 1.29 is 28.6 Å². The molecule has 0 aromatic heterocycles. The Hall–Kier alpha value is -2.07. The molecule has 0 aromatic carbocycles. The molecule has 10 nitrogen and oxygen atoms in total. The monoisotopic (exact) mass is 528 g/mol. The van der Waals surface area contributed by atoms with Gasteiger partial charge in [-0.1, -0.05) is 0 Å². The van der Waals surface area contributed by atoms with Crippen molar-refractivity contribution >= 4 is 18.2 Å². The SMILES string of the molecule is CCOC(=O)CCN1[C@H](C)CN(C(=O)OC(C)(C)C)C[C@@H]1C.C[C@@H]1CN(C(=O)OC(C)(C)C)C[C@H](C)N1. The molecule has 4 atom stereocenters. The van der Waals surface area contributed by atoms with Gasteiger partial charge in [0.2, 0.25) is 0 Å². The van der Waals surface area contributed by atoms with Crippen LogP contribution in [0.25, 0.3) is 0 Å². The molecule has 0 unspecified atom stereocenters. The molecule has 2 saturated heterocycles. The summed E-state index contributed by atoms with van der Waals surface area (Å²) in [4.78, 5) is 41.2. The van der Waals surface area contributed by atoms with E-state index in [9.17, 15) is 14.4 Å². The van der Waals surface area contributed by atoms with Crippen LogP contribution in [0.15, 0.2) is 0 Å². The van der Waals surface area contributed by atoms with Gasteiger partial charge in [0.05, 0.1) is 13.0 Å². The van der Waals surface area contributed by atoms with E-state index in [0.717, 1.165) is 13.1 Å². The third-order valence-corrected chi connectivity index (χ3v) is 5.84. The van der Waals surface area contributed by atoms with Gasteiger partial charge in [0.25, 0.3) is 0 Å². The highest BCUT2D eigenvalue weighted by Gasteiger charge is 2.34. The summed E-state index contributed by atoms with van der Waals surface area (Å²) in [5, 5.41) is 3.38. The first-order valence-electron chi connectivity index (χ1n) is 13.5. The predicted octanol–water partition coefficient (Wildman–Crippen LogP) is 3.87. The Bertz CT molecular complexity index is 726. The average molecular weight is 529 g/mol. The lowest BCUT2D eigenvalue weighted by molar-refractivity contribution is -0.144. The van der Waals surface area contributed by atoms with E-state index in [1.807, 2.05) is 48.5 Å². The third-order valence-electron chi connectivity index (χ3n) is 5.84. The lowest BCUT2D eigenvalue weighted by Crippen LogP contribution is -2.58. The molecule has 1 N–H and O–H groups in total. The van der Waals surface area contributed by atoms with E-state index in [-0.39, 0.29) is 30.2 Å². The summed E-state index contributed by atoms with van der Waals surface area (Å²) >= 11 is 0. The molecule has 0 saturated carbocycles. The Morgan fingerprint density at radius 2 is 1.16 bits per heavy atom. The standard InChI is InChI=1S/C16H30N2O4.C11H22N2O2/c1-7-21-14(19)8-9-18-12(2)10-17(11-13(18)3)15(20)22-16(4,5)6;1-8-6-13(7-9(2)12-8)10(14)15-11(3,4)5/h12-13H,7-11H2,1-6H3;8-9,12H,6-7H2,1-5H3/t12-,13+;8-,9+. The van der Waals surface area contributed by atoms with Gasteiger partial charge >= 0.3 is 18.2 Å². The molecule has 0 aliphatic carbocycles. The van der Waals surface area contributed by atoms with Crippen LogP contribution in [0.1, 0.15) is 82.6 Å². The van der Waals surface area contributed by atoms with Crippen LogP contribution in [0.2, 0.25) is 0 Å². The minimum Gasteiger partial charge on any atom is -0.466 e. The van der Waals surface area contributed by atoms with Crippen LogP contribution in [0.3, 0.4) is 0 Å². The van der Waals surface area contributed by atoms with Crippen LogP contribution in [0.4, 0.5) is 9.59 Å². The summed E-state index contributed by atoms with van der Waals surface area (Å²) in [6, 6.07) is 1.04. The van der Waals surface area contributed by atoms with Gasteiger partial charge in [-0.2, -0.15) is 0 Å². The van der Waals surface area contributed by atoms with Crippen molar-refractivity contribution in [3.8, 4) is 0 Å². The molecule has 0 radical (unpaired) electrons. The van der Waals surface area contributed by atoms with E-state index >= 15 is 0 Å². The van der Waals surface area contributed by atoms with Gasteiger partial charge < -0.3 is 29.3 Å². The van der Waals surface area contributed by atoms with Crippen LogP contribution >= 0.6 is 0 Å². The number of hydrogen-bond acceptors (Lipinski definition) is 8. The Morgan fingerprint density at radius 3 is 1.54 bits per heavy atom. The fourth-order valence-electron chi connectivity index (χ4n) is 4.53. The predicted molar refractivity (Wildman–Crippen MR) is 145 cm³/mol. The molecule has 2 amide bonds. The van der Waals surface area contributed by atoms with Crippen molar-refractivity contribution in [3.05, 3.63) is 0 Å². The zero-order valence-corrected chi connectivity index (χ0v) is 25.1. The van der Waals surface area contributed by atoms with Crippen molar-refractivity contribution in [2.45, 2.75) is 118 Å². The van der Waals surface area contributed by atoms with Gasteiger partial charge in [0, 0.05) is 56.9 Å².